The summed E-state index contributed by atoms with van der Waals surface area (Å²) in [5.74, 6) is 1.14. The predicted molar refractivity (Wildman–Crippen MR) is 132 cm³/mol. The highest BCUT2D eigenvalue weighted by Crippen LogP contribution is 2.30. The van der Waals surface area contributed by atoms with Crippen molar-refractivity contribution in [2.75, 3.05) is 50.1 Å². The summed E-state index contributed by atoms with van der Waals surface area (Å²) in [5, 5.41) is 2.86. The second kappa shape index (κ2) is 12.1. The van der Waals surface area contributed by atoms with Crippen LogP contribution in [0.5, 0.6) is 11.5 Å². The average Bonchev–Trinajstić information content (AvgIpc) is 3.27. The lowest BCUT2D eigenvalue weighted by atomic mass is 10.2. The molecule has 0 radical (unpaired) electrons. The Balaban J connectivity index is 1.57. The van der Waals surface area contributed by atoms with Crippen molar-refractivity contribution < 1.29 is 19.1 Å². The Labute approximate surface area is 196 Å². The minimum absolute atomic E-state index is 0.161. The highest BCUT2D eigenvalue weighted by atomic mass is 16.5. The highest BCUT2D eigenvalue weighted by Gasteiger charge is 2.21. The van der Waals surface area contributed by atoms with Gasteiger partial charge in [0.1, 0.15) is 6.61 Å². The Bertz CT molecular complexity index is 968. The summed E-state index contributed by atoms with van der Waals surface area (Å²) in [7, 11) is 1.60. The number of anilines is 2. The van der Waals surface area contributed by atoms with Gasteiger partial charge in [-0.1, -0.05) is 26.0 Å². The number of rotatable bonds is 11. The van der Waals surface area contributed by atoms with Gasteiger partial charge in [-0.3, -0.25) is 9.59 Å². The molecule has 176 valence electrons. The molecule has 7 nitrogen and oxygen atoms in total. The SMILES string of the molecule is CCN(CC)CCOc1cc(NC(=O)/C=C/c2ccc(N3CCCC3=O)cc2)ccc1OC. The minimum atomic E-state index is -0.243. The second-order valence-corrected chi connectivity index (χ2v) is 7.80. The number of carbonyl (C=O) groups is 2. The van der Waals surface area contributed by atoms with Crippen LogP contribution in [0, 0.1) is 0 Å². The zero-order valence-corrected chi connectivity index (χ0v) is 19.7. The van der Waals surface area contributed by atoms with E-state index in [-0.39, 0.29) is 11.8 Å². The first-order valence-electron chi connectivity index (χ1n) is 11.5. The van der Waals surface area contributed by atoms with Gasteiger partial charge in [0.05, 0.1) is 7.11 Å². The zero-order chi connectivity index (χ0) is 23.6. The average molecular weight is 452 g/mol. The quantitative estimate of drug-likeness (QED) is 0.519. The summed E-state index contributed by atoms with van der Waals surface area (Å²) in [6.45, 7) is 8.30. The number of carbonyl (C=O) groups excluding carboxylic acids is 2. The van der Waals surface area contributed by atoms with Crippen molar-refractivity contribution in [1.29, 1.82) is 0 Å². The fraction of sp³-hybridized carbons (Fsp3) is 0.385. The van der Waals surface area contributed by atoms with Crippen LogP contribution in [-0.2, 0) is 9.59 Å². The molecule has 0 aromatic heterocycles. The molecule has 0 bridgehead atoms. The van der Waals surface area contributed by atoms with Gasteiger partial charge >= 0.3 is 0 Å². The Kier molecular flexibility index (Phi) is 8.89. The third-order valence-electron chi connectivity index (χ3n) is 5.70. The lowest BCUT2D eigenvalue weighted by molar-refractivity contribution is -0.117. The molecule has 7 heteroatoms. The Morgan fingerprint density at radius 3 is 2.52 bits per heavy atom. The summed E-state index contributed by atoms with van der Waals surface area (Å²) < 4.78 is 11.3. The molecule has 1 aliphatic heterocycles. The van der Waals surface area contributed by atoms with Gasteiger partial charge in [0, 0.05) is 43.0 Å². The highest BCUT2D eigenvalue weighted by molar-refractivity contribution is 6.02. The van der Waals surface area contributed by atoms with Gasteiger partial charge in [0.2, 0.25) is 11.8 Å². The van der Waals surface area contributed by atoms with Gasteiger partial charge < -0.3 is 24.6 Å². The fourth-order valence-electron chi connectivity index (χ4n) is 3.73. The number of methoxy groups -OCH3 is 1. The van der Waals surface area contributed by atoms with Crippen LogP contribution in [-0.4, -0.2) is 56.6 Å². The maximum Gasteiger partial charge on any atom is 0.248 e. The van der Waals surface area contributed by atoms with Crippen molar-refractivity contribution in [2.45, 2.75) is 26.7 Å². The van der Waals surface area contributed by atoms with Crippen LogP contribution in [0.1, 0.15) is 32.3 Å². The zero-order valence-electron chi connectivity index (χ0n) is 19.7. The molecule has 0 aliphatic carbocycles. The van der Waals surface area contributed by atoms with Crippen molar-refractivity contribution in [3.05, 3.63) is 54.1 Å². The Hall–Kier alpha value is -3.32. The maximum atomic E-state index is 12.4. The third kappa shape index (κ3) is 6.83. The largest absolute Gasteiger partial charge is 0.493 e. The molecule has 2 aromatic rings. The summed E-state index contributed by atoms with van der Waals surface area (Å²) in [6, 6.07) is 13.0. The Morgan fingerprint density at radius 1 is 1.12 bits per heavy atom. The maximum absolute atomic E-state index is 12.4. The number of amides is 2. The van der Waals surface area contributed by atoms with E-state index in [0.29, 0.717) is 30.2 Å². The molecular formula is C26H33N3O4. The summed E-state index contributed by atoms with van der Waals surface area (Å²) in [6.07, 6.45) is 4.74. The van der Waals surface area contributed by atoms with E-state index in [2.05, 4.69) is 24.1 Å². The number of nitrogens with zero attached hydrogens (tertiary/aromatic N) is 2. The molecule has 1 fully saturated rings. The molecule has 1 N–H and O–H groups in total. The van der Waals surface area contributed by atoms with Crippen molar-refractivity contribution in [2.24, 2.45) is 0 Å². The first kappa shape index (κ1) is 24.3. The van der Waals surface area contributed by atoms with Gasteiger partial charge in [-0.15, -0.1) is 0 Å². The third-order valence-corrected chi connectivity index (χ3v) is 5.70. The van der Waals surface area contributed by atoms with Crippen molar-refractivity contribution in [3.63, 3.8) is 0 Å². The van der Waals surface area contributed by atoms with Crippen LogP contribution < -0.4 is 19.7 Å². The number of likely N-dealkylation sites (N-methyl/N-ethyl adjacent to an activating group) is 1. The van der Waals surface area contributed by atoms with E-state index in [9.17, 15) is 9.59 Å². The number of ether oxygens (including phenoxy) is 2. The van der Waals surface area contributed by atoms with Gasteiger partial charge in [-0.05, 0) is 55.4 Å². The molecule has 0 saturated carbocycles. The second-order valence-electron chi connectivity index (χ2n) is 7.80. The van der Waals surface area contributed by atoms with Crippen LogP contribution in [0.4, 0.5) is 11.4 Å². The van der Waals surface area contributed by atoms with Crippen molar-refractivity contribution in [3.8, 4) is 11.5 Å². The number of benzene rings is 2. The lowest BCUT2D eigenvalue weighted by Crippen LogP contribution is -2.28. The monoisotopic (exact) mass is 451 g/mol. The predicted octanol–water partition coefficient (Wildman–Crippen LogP) is 4.19. The number of nitrogens with one attached hydrogen (secondary N) is 1. The van der Waals surface area contributed by atoms with Gasteiger partial charge in [0.15, 0.2) is 11.5 Å². The minimum Gasteiger partial charge on any atom is -0.493 e. The topological polar surface area (TPSA) is 71.1 Å². The molecule has 2 amide bonds. The molecule has 0 unspecified atom stereocenters. The van der Waals surface area contributed by atoms with E-state index in [1.165, 1.54) is 6.08 Å². The van der Waals surface area contributed by atoms with Crippen molar-refractivity contribution >= 4 is 29.3 Å². The van der Waals surface area contributed by atoms with Gasteiger partial charge in [-0.25, -0.2) is 0 Å². The van der Waals surface area contributed by atoms with Crippen LogP contribution in [0.2, 0.25) is 0 Å². The first-order valence-corrected chi connectivity index (χ1v) is 11.5. The van der Waals surface area contributed by atoms with Crippen LogP contribution in [0.3, 0.4) is 0 Å². The van der Waals surface area contributed by atoms with Crippen LogP contribution in [0.25, 0.3) is 6.08 Å². The summed E-state index contributed by atoms with van der Waals surface area (Å²) in [5.41, 5.74) is 2.41. The normalized spacial score (nSPS) is 13.7. The molecule has 1 aliphatic rings. The van der Waals surface area contributed by atoms with Gasteiger partial charge in [-0.2, -0.15) is 0 Å². The molecule has 3 rings (SSSR count). The molecular weight excluding hydrogens is 418 g/mol. The molecule has 0 atom stereocenters. The smallest absolute Gasteiger partial charge is 0.248 e. The first-order chi connectivity index (χ1) is 16.0. The van der Waals surface area contributed by atoms with Gasteiger partial charge in [0.25, 0.3) is 0 Å². The Morgan fingerprint density at radius 2 is 1.88 bits per heavy atom. The molecule has 0 spiro atoms. The molecule has 1 heterocycles. The van der Waals surface area contributed by atoms with E-state index in [4.69, 9.17) is 9.47 Å². The standard InChI is InChI=1S/C26H33N3O4/c1-4-28(5-2)17-18-33-24-19-21(11-14-23(24)32-3)27-25(30)15-10-20-8-12-22(13-9-20)29-16-6-7-26(29)31/h8-15,19H,4-7,16-18H2,1-3H3,(H,27,30)/b15-10+. The van der Waals surface area contributed by atoms with E-state index >= 15 is 0 Å². The van der Waals surface area contributed by atoms with Crippen LogP contribution in [0.15, 0.2) is 48.5 Å². The molecule has 2 aromatic carbocycles. The fourth-order valence-corrected chi connectivity index (χ4v) is 3.73. The van der Waals surface area contributed by atoms with E-state index in [1.807, 2.05) is 24.3 Å². The van der Waals surface area contributed by atoms with E-state index in [0.717, 1.165) is 43.9 Å². The van der Waals surface area contributed by atoms with Crippen LogP contribution >= 0.6 is 0 Å². The van der Waals surface area contributed by atoms with E-state index < -0.39 is 0 Å². The summed E-state index contributed by atoms with van der Waals surface area (Å²) >= 11 is 0. The summed E-state index contributed by atoms with van der Waals surface area (Å²) in [4.78, 5) is 28.4. The van der Waals surface area contributed by atoms with Crippen molar-refractivity contribution in [1.82, 2.24) is 4.90 Å². The number of hydrogen-bond donors (Lipinski definition) is 1. The molecule has 33 heavy (non-hydrogen) atoms. The lowest BCUT2D eigenvalue weighted by Gasteiger charge is -2.19. The molecule has 1 saturated heterocycles. The van der Waals surface area contributed by atoms with E-state index in [1.54, 1.807) is 36.3 Å². The number of hydrogen-bond acceptors (Lipinski definition) is 5.